The minimum atomic E-state index is 0.315. The molecule has 1 aromatic carbocycles. The summed E-state index contributed by atoms with van der Waals surface area (Å²) in [6, 6.07) is 6.95. The molecule has 1 atom stereocenters. The first kappa shape index (κ1) is 15.3. The summed E-state index contributed by atoms with van der Waals surface area (Å²) in [6.07, 6.45) is 3.96. The average Bonchev–Trinajstić information content (AvgIpc) is 2.98. The summed E-state index contributed by atoms with van der Waals surface area (Å²) in [5, 5.41) is 0. The normalized spacial score (nSPS) is 21.7. The largest absolute Gasteiger partial charge is 0.497 e. The van der Waals surface area contributed by atoms with Crippen LogP contribution in [0.5, 0.6) is 5.75 Å². The fraction of sp³-hybridized carbons (Fsp3) is 0.611. The van der Waals surface area contributed by atoms with Crippen LogP contribution >= 0.6 is 0 Å². The van der Waals surface area contributed by atoms with Crippen LogP contribution in [-0.2, 0) is 11.2 Å². The number of rotatable bonds is 4. The Balaban J connectivity index is 1.65. The minimum absolute atomic E-state index is 0.315. The SMILES string of the molecule is CCCC(=O)N1CCN([C@H]2CCc3ccc(OC)cc32)CC1. The van der Waals surface area contributed by atoms with Crippen LogP contribution in [0.4, 0.5) is 0 Å². The van der Waals surface area contributed by atoms with E-state index < -0.39 is 0 Å². The Kier molecular flexibility index (Phi) is 4.67. The third-order valence-electron chi connectivity index (χ3n) is 4.97. The summed E-state index contributed by atoms with van der Waals surface area (Å²) in [4.78, 5) is 16.6. The van der Waals surface area contributed by atoms with E-state index in [4.69, 9.17) is 4.74 Å². The van der Waals surface area contributed by atoms with Gasteiger partial charge < -0.3 is 9.64 Å². The second kappa shape index (κ2) is 6.69. The molecule has 1 fully saturated rings. The highest BCUT2D eigenvalue weighted by Gasteiger charge is 2.31. The van der Waals surface area contributed by atoms with Gasteiger partial charge in [-0.15, -0.1) is 0 Å². The Morgan fingerprint density at radius 1 is 1.27 bits per heavy atom. The number of fused-ring (bicyclic) bond motifs is 1. The lowest BCUT2D eigenvalue weighted by molar-refractivity contribution is -0.133. The van der Waals surface area contributed by atoms with Crippen molar-refractivity contribution >= 4 is 5.91 Å². The van der Waals surface area contributed by atoms with E-state index in [1.807, 2.05) is 4.90 Å². The summed E-state index contributed by atoms with van der Waals surface area (Å²) >= 11 is 0. The number of hydrogen-bond donors (Lipinski definition) is 0. The fourth-order valence-corrected chi connectivity index (χ4v) is 3.72. The molecule has 0 radical (unpaired) electrons. The molecule has 120 valence electrons. The van der Waals surface area contributed by atoms with E-state index in [1.165, 1.54) is 17.5 Å². The molecule has 1 heterocycles. The van der Waals surface area contributed by atoms with Crippen LogP contribution in [0, 0.1) is 0 Å². The first-order chi connectivity index (χ1) is 10.7. The Morgan fingerprint density at radius 2 is 2.05 bits per heavy atom. The Bertz CT molecular complexity index is 536. The van der Waals surface area contributed by atoms with Crippen LogP contribution < -0.4 is 4.74 Å². The molecule has 4 heteroatoms. The second-order valence-electron chi connectivity index (χ2n) is 6.29. The molecule has 0 spiro atoms. The number of carbonyl (C=O) groups is 1. The van der Waals surface area contributed by atoms with Crippen molar-refractivity contribution in [3.8, 4) is 5.75 Å². The van der Waals surface area contributed by atoms with Crippen LogP contribution in [0.2, 0.25) is 0 Å². The van der Waals surface area contributed by atoms with Crippen molar-refractivity contribution in [3.05, 3.63) is 29.3 Å². The quantitative estimate of drug-likeness (QED) is 0.857. The maximum Gasteiger partial charge on any atom is 0.222 e. The molecule has 0 bridgehead atoms. The summed E-state index contributed by atoms with van der Waals surface area (Å²) in [7, 11) is 1.73. The van der Waals surface area contributed by atoms with Gasteiger partial charge >= 0.3 is 0 Å². The lowest BCUT2D eigenvalue weighted by Crippen LogP contribution is -2.49. The van der Waals surface area contributed by atoms with Crippen molar-refractivity contribution in [2.45, 2.75) is 38.6 Å². The number of ether oxygens (including phenoxy) is 1. The van der Waals surface area contributed by atoms with Gasteiger partial charge in [0, 0.05) is 38.6 Å². The average molecular weight is 302 g/mol. The van der Waals surface area contributed by atoms with E-state index in [0.29, 0.717) is 18.4 Å². The van der Waals surface area contributed by atoms with E-state index in [9.17, 15) is 4.79 Å². The molecular weight excluding hydrogens is 276 g/mol. The molecule has 0 aromatic heterocycles. The lowest BCUT2D eigenvalue weighted by Gasteiger charge is -2.38. The summed E-state index contributed by atoms with van der Waals surface area (Å²) in [6.45, 7) is 5.77. The monoisotopic (exact) mass is 302 g/mol. The molecule has 1 saturated heterocycles. The molecule has 1 aliphatic heterocycles. The highest BCUT2D eigenvalue weighted by atomic mass is 16.5. The van der Waals surface area contributed by atoms with E-state index in [-0.39, 0.29) is 0 Å². The first-order valence-electron chi connectivity index (χ1n) is 8.41. The predicted octanol–water partition coefficient (Wildman–Crippen LogP) is 2.63. The number of hydrogen-bond acceptors (Lipinski definition) is 3. The van der Waals surface area contributed by atoms with Gasteiger partial charge in [-0.3, -0.25) is 9.69 Å². The van der Waals surface area contributed by atoms with Gasteiger partial charge in [0.2, 0.25) is 5.91 Å². The van der Waals surface area contributed by atoms with Crippen molar-refractivity contribution in [1.82, 2.24) is 9.80 Å². The molecule has 2 aliphatic rings. The molecule has 1 aromatic rings. The Hall–Kier alpha value is -1.55. The first-order valence-corrected chi connectivity index (χ1v) is 8.41. The molecule has 3 rings (SSSR count). The van der Waals surface area contributed by atoms with E-state index >= 15 is 0 Å². The Labute approximate surface area is 133 Å². The van der Waals surface area contributed by atoms with Crippen LogP contribution in [0.15, 0.2) is 18.2 Å². The molecule has 0 saturated carbocycles. The number of methoxy groups -OCH3 is 1. The van der Waals surface area contributed by atoms with Gasteiger partial charge in [-0.25, -0.2) is 0 Å². The zero-order chi connectivity index (χ0) is 15.5. The summed E-state index contributed by atoms with van der Waals surface area (Å²) < 4.78 is 5.38. The van der Waals surface area contributed by atoms with Gasteiger partial charge in [0.15, 0.2) is 0 Å². The van der Waals surface area contributed by atoms with Crippen LogP contribution in [-0.4, -0.2) is 49.0 Å². The number of benzene rings is 1. The van der Waals surface area contributed by atoms with Crippen molar-refractivity contribution in [2.75, 3.05) is 33.3 Å². The molecule has 4 nitrogen and oxygen atoms in total. The molecule has 0 N–H and O–H groups in total. The van der Waals surface area contributed by atoms with Gasteiger partial charge in [0.25, 0.3) is 0 Å². The van der Waals surface area contributed by atoms with Gasteiger partial charge in [0.1, 0.15) is 5.75 Å². The smallest absolute Gasteiger partial charge is 0.222 e. The minimum Gasteiger partial charge on any atom is -0.497 e. The molecule has 22 heavy (non-hydrogen) atoms. The van der Waals surface area contributed by atoms with Gasteiger partial charge in [0.05, 0.1) is 7.11 Å². The van der Waals surface area contributed by atoms with Crippen molar-refractivity contribution in [2.24, 2.45) is 0 Å². The van der Waals surface area contributed by atoms with Crippen molar-refractivity contribution < 1.29 is 9.53 Å². The summed E-state index contributed by atoms with van der Waals surface area (Å²) in [5.74, 6) is 1.26. The fourth-order valence-electron chi connectivity index (χ4n) is 3.72. The molecule has 0 unspecified atom stereocenters. The number of nitrogens with zero attached hydrogens (tertiary/aromatic N) is 2. The van der Waals surface area contributed by atoms with Crippen LogP contribution in [0.3, 0.4) is 0 Å². The standard InChI is InChI=1S/C18H26N2O2/c1-3-4-18(21)20-11-9-19(10-12-20)17-8-6-14-5-7-15(22-2)13-16(14)17/h5,7,13,17H,3-4,6,8-12H2,1-2H3/t17-/m0/s1. The Morgan fingerprint density at radius 3 is 2.73 bits per heavy atom. The number of piperazine rings is 1. The third-order valence-corrected chi connectivity index (χ3v) is 4.97. The third kappa shape index (κ3) is 2.98. The maximum absolute atomic E-state index is 12.0. The van der Waals surface area contributed by atoms with Gasteiger partial charge in [-0.1, -0.05) is 13.0 Å². The zero-order valence-corrected chi connectivity index (χ0v) is 13.7. The number of amides is 1. The van der Waals surface area contributed by atoms with Gasteiger partial charge in [-0.05, 0) is 42.5 Å². The second-order valence-corrected chi connectivity index (χ2v) is 6.29. The highest BCUT2D eigenvalue weighted by Crippen LogP contribution is 2.38. The topological polar surface area (TPSA) is 32.8 Å². The summed E-state index contributed by atoms with van der Waals surface area (Å²) in [5.41, 5.74) is 2.88. The van der Waals surface area contributed by atoms with Crippen LogP contribution in [0.1, 0.15) is 43.4 Å². The molecular formula is C18H26N2O2. The van der Waals surface area contributed by atoms with E-state index in [2.05, 4.69) is 30.0 Å². The maximum atomic E-state index is 12.0. The van der Waals surface area contributed by atoms with Crippen LogP contribution in [0.25, 0.3) is 0 Å². The van der Waals surface area contributed by atoms with Crippen molar-refractivity contribution in [3.63, 3.8) is 0 Å². The molecule has 1 aliphatic carbocycles. The van der Waals surface area contributed by atoms with E-state index in [1.54, 1.807) is 7.11 Å². The van der Waals surface area contributed by atoms with Gasteiger partial charge in [-0.2, -0.15) is 0 Å². The lowest BCUT2D eigenvalue weighted by atomic mass is 10.1. The number of carbonyl (C=O) groups excluding carboxylic acids is 1. The molecule has 1 amide bonds. The zero-order valence-electron chi connectivity index (χ0n) is 13.7. The highest BCUT2D eigenvalue weighted by molar-refractivity contribution is 5.76. The predicted molar refractivity (Wildman–Crippen MR) is 87.1 cm³/mol. The van der Waals surface area contributed by atoms with E-state index in [0.717, 1.165) is 44.8 Å². The number of aryl methyl sites for hydroxylation is 1. The van der Waals surface area contributed by atoms with Crippen molar-refractivity contribution in [1.29, 1.82) is 0 Å².